The van der Waals surface area contributed by atoms with E-state index in [2.05, 4.69) is 15.3 Å². The van der Waals surface area contributed by atoms with Crippen molar-refractivity contribution in [2.24, 2.45) is 4.99 Å². The monoisotopic (exact) mass is 479 g/mol. The number of dihydropyridines is 1. The summed E-state index contributed by atoms with van der Waals surface area (Å²) >= 11 is 0. The van der Waals surface area contributed by atoms with E-state index in [1.807, 2.05) is 0 Å². The maximum atomic E-state index is 13.3. The standard InChI is InChI=1S/C24H22FN5O5/c1-2-29-23(33)28-22(30(24(29)34)14-15-3-5-16(25)6-4-15)27-17-7-9-18(10-8-17)35-19-11-12-20(21(31)32)26-13-19/h3-13,20,26H,2,14H2,1H3,(H,31,32)(H,27,28,33). The number of nitrogens with one attached hydrogen (secondary N) is 2. The number of rotatable bonds is 7. The number of carboxylic acid groups (broad SMARTS) is 1. The minimum atomic E-state index is -0.996. The van der Waals surface area contributed by atoms with Crippen molar-refractivity contribution in [1.82, 2.24) is 19.4 Å². The van der Waals surface area contributed by atoms with Crippen molar-refractivity contribution in [1.29, 1.82) is 0 Å². The number of allylic oxidation sites excluding steroid dienone is 1. The molecule has 0 bridgehead atoms. The fraction of sp³-hybridized carbons (Fsp3) is 0.167. The topological polar surface area (TPSA) is 131 Å². The van der Waals surface area contributed by atoms with Gasteiger partial charge in [-0.25, -0.2) is 28.3 Å². The van der Waals surface area contributed by atoms with Gasteiger partial charge in [0, 0.05) is 12.7 Å². The summed E-state index contributed by atoms with van der Waals surface area (Å²) in [6, 6.07) is 11.5. The molecule has 0 amide bonds. The number of ether oxygens (including phenoxy) is 1. The molecule has 0 fully saturated rings. The van der Waals surface area contributed by atoms with Crippen LogP contribution in [0.4, 0.5) is 10.1 Å². The first-order valence-corrected chi connectivity index (χ1v) is 10.7. The van der Waals surface area contributed by atoms with Gasteiger partial charge >= 0.3 is 17.3 Å². The van der Waals surface area contributed by atoms with Crippen LogP contribution in [0.15, 0.2) is 87.2 Å². The number of aliphatic carboxylic acids is 1. The Labute approximate surface area is 198 Å². The molecule has 0 aliphatic carbocycles. The molecule has 2 heterocycles. The van der Waals surface area contributed by atoms with E-state index >= 15 is 0 Å². The second kappa shape index (κ2) is 10.1. The average Bonchev–Trinajstić information content (AvgIpc) is 2.84. The van der Waals surface area contributed by atoms with Crippen molar-refractivity contribution in [3.63, 3.8) is 0 Å². The van der Waals surface area contributed by atoms with Crippen molar-refractivity contribution in [3.05, 3.63) is 111 Å². The Morgan fingerprint density at radius 2 is 1.83 bits per heavy atom. The second-order valence-electron chi connectivity index (χ2n) is 7.59. The van der Waals surface area contributed by atoms with Gasteiger partial charge in [-0.3, -0.25) is 9.55 Å². The van der Waals surface area contributed by atoms with Gasteiger partial charge in [0.05, 0.1) is 12.2 Å². The zero-order valence-corrected chi connectivity index (χ0v) is 18.6. The van der Waals surface area contributed by atoms with Crippen LogP contribution in [0.2, 0.25) is 0 Å². The van der Waals surface area contributed by atoms with E-state index in [0.29, 0.717) is 22.8 Å². The fourth-order valence-electron chi connectivity index (χ4n) is 3.37. The van der Waals surface area contributed by atoms with Crippen LogP contribution in [-0.4, -0.2) is 31.2 Å². The van der Waals surface area contributed by atoms with Crippen LogP contribution in [0, 0.1) is 5.82 Å². The van der Waals surface area contributed by atoms with Crippen molar-refractivity contribution < 1.29 is 19.0 Å². The first-order valence-electron chi connectivity index (χ1n) is 10.7. The first-order chi connectivity index (χ1) is 16.8. The Balaban J connectivity index is 1.63. The maximum Gasteiger partial charge on any atom is 0.335 e. The molecule has 35 heavy (non-hydrogen) atoms. The first kappa shape index (κ1) is 23.5. The molecule has 2 aromatic carbocycles. The highest BCUT2D eigenvalue weighted by Crippen LogP contribution is 2.20. The van der Waals surface area contributed by atoms with E-state index in [1.165, 1.54) is 29.0 Å². The molecule has 1 atom stereocenters. The highest BCUT2D eigenvalue weighted by molar-refractivity contribution is 5.76. The molecule has 1 aromatic heterocycles. The number of aromatic amines is 1. The van der Waals surface area contributed by atoms with Crippen molar-refractivity contribution in [2.45, 2.75) is 26.1 Å². The number of H-pyrrole nitrogens is 1. The zero-order chi connectivity index (χ0) is 24.9. The summed E-state index contributed by atoms with van der Waals surface area (Å²) in [5, 5.41) is 11.7. The Hall–Kier alpha value is -4.67. The predicted octanol–water partition coefficient (Wildman–Crippen LogP) is 1.61. The van der Waals surface area contributed by atoms with Gasteiger partial charge in [0.2, 0.25) is 5.62 Å². The number of halogens is 1. The van der Waals surface area contributed by atoms with Crippen LogP contribution in [0.1, 0.15) is 12.5 Å². The number of carbonyl (C=O) groups is 1. The van der Waals surface area contributed by atoms with Gasteiger partial charge in [-0.05, 0) is 61.0 Å². The number of carboxylic acids is 1. The Bertz CT molecular complexity index is 1480. The highest BCUT2D eigenvalue weighted by atomic mass is 19.1. The Morgan fingerprint density at radius 1 is 1.11 bits per heavy atom. The van der Waals surface area contributed by atoms with Gasteiger partial charge in [-0.2, -0.15) is 0 Å². The molecular formula is C24H22FN5O5. The van der Waals surface area contributed by atoms with Crippen LogP contribution in [0.25, 0.3) is 0 Å². The molecule has 180 valence electrons. The van der Waals surface area contributed by atoms with E-state index in [0.717, 1.165) is 4.57 Å². The third kappa shape index (κ3) is 5.46. The number of aromatic nitrogens is 3. The molecule has 10 nitrogen and oxygen atoms in total. The van der Waals surface area contributed by atoms with E-state index < -0.39 is 29.2 Å². The molecular weight excluding hydrogens is 457 g/mol. The quantitative estimate of drug-likeness (QED) is 0.472. The molecule has 11 heteroatoms. The van der Waals surface area contributed by atoms with Crippen LogP contribution in [-0.2, 0) is 17.9 Å². The molecule has 0 saturated heterocycles. The van der Waals surface area contributed by atoms with Gasteiger partial charge in [0.25, 0.3) is 0 Å². The Morgan fingerprint density at radius 3 is 2.43 bits per heavy atom. The van der Waals surface area contributed by atoms with Gasteiger partial charge in [0.15, 0.2) is 0 Å². The summed E-state index contributed by atoms with van der Waals surface area (Å²) in [5.74, 6) is -0.486. The lowest BCUT2D eigenvalue weighted by atomic mass is 10.2. The van der Waals surface area contributed by atoms with Crippen molar-refractivity contribution in [3.8, 4) is 5.75 Å². The molecule has 0 radical (unpaired) electrons. The second-order valence-corrected chi connectivity index (χ2v) is 7.59. The van der Waals surface area contributed by atoms with Crippen LogP contribution >= 0.6 is 0 Å². The number of hydrogen-bond acceptors (Lipinski definition) is 6. The van der Waals surface area contributed by atoms with Gasteiger partial charge in [-0.1, -0.05) is 12.1 Å². The average molecular weight is 479 g/mol. The van der Waals surface area contributed by atoms with Crippen molar-refractivity contribution in [2.75, 3.05) is 0 Å². The number of benzene rings is 2. The van der Waals surface area contributed by atoms with Gasteiger partial charge in [0.1, 0.15) is 23.4 Å². The number of hydrogen-bond donors (Lipinski definition) is 3. The Kier molecular flexibility index (Phi) is 6.76. The minimum absolute atomic E-state index is 0.0459. The van der Waals surface area contributed by atoms with Crippen LogP contribution in [0.5, 0.6) is 5.75 Å². The molecule has 3 aromatic rings. The van der Waals surface area contributed by atoms with E-state index in [4.69, 9.17) is 9.84 Å². The minimum Gasteiger partial charge on any atom is -0.479 e. The van der Waals surface area contributed by atoms with Crippen LogP contribution in [0.3, 0.4) is 0 Å². The SMILES string of the molecule is CCn1c(=O)[nH]/c(=N\c2ccc(OC3=CNC(C(=O)O)C=C3)cc2)n(Cc2ccc(F)cc2)c1=O. The third-order valence-electron chi connectivity index (χ3n) is 5.18. The lowest BCUT2D eigenvalue weighted by molar-refractivity contribution is -0.137. The normalized spacial score (nSPS) is 15.4. The summed E-state index contributed by atoms with van der Waals surface area (Å²) in [5.41, 5.74) is 0.0319. The molecule has 3 N–H and O–H groups in total. The van der Waals surface area contributed by atoms with Gasteiger partial charge in [-0.15, -0.1) is 0 Å². The highest BCUT2D eigenvalue weighted by Gasteiger charge is 2.15. The largest absolute Gasteiger partial charge is 0.479 e. The zero-order valence-electron chi connectivity index (χ0n) is 18.6. The predicted molar refractivity (Wildman–Crippen MR) is 125 cm³/mol. The molecule has 4 rings (SSSR count). The summed E-state index contributed by atoms with van der Waals surface area (Å²) in [4.78, 5) is 43.4. The molecule has 0 saturated carbocycles. The lowest BCUT2D eigenvalue weighted by Crippen LogP contribution is -2.49. The maximum absolute atomic E-state index is 13.3. The molecule has 1 unspecified atom stereocenters. The fourth-order valence-corrected chi connectivity index (χ4v) is 3.37. The third-order valence-corrected chi connectivity index (χ3v) is 5.18. The van der Waals surface area contributed by atoms with Crippen LogP contribution < -0.4 is 27.1 Å². The lowest BCUT2D eigenvalue weighted by Gasteiger charge is -2.15. The molecule has 1 aliphatic heterocycles. The number of nitrogens with zero attached hydrogens (tertiary/aromatic N) is 3. The summed E-state index contributed by atoms with van der Waals surface area (Å²) < 4.78 is 21.3. The molecule has 0 spiro atoms. The van der Waals surface area contributed by atoms with Gasteiger partial charge < -0.3 is 15.2 Å². The van der Waals surface area contributed by atoms with E-state index in [9.17, 15) is 18.8 Å². The van der Waals surface area contributed by atoms with E-state index in [-0.39, 0.29) is 18.7 Å². The molecule has 1 aliphatic rings. The summed E-state index contributed by atoms with van der Waals surface area (Å²) in [6.45, 7) is 1.94. The van der Waals surface area contributed by atoms with Crippen molar-refractivity contribution >= 4 is 11.7 Å². The smallest absolute Gasteiger partial charge is 0.335 e. The summed E-state index contributed by atoms with van der Waals surface area (Å²) in [6.07, 6.45) is 4.48. The summed E-state index contributed by atoms with van der Waals surface area (Å²) in [7, 11) is 0. The van der Waals surface area contributed by atoms with E-state index in [1.54, 1.807) is 49.4 Å².